The van der Waals surface area contributed by atoms with Gasteiger partial charge in [0.05, 0.1) is 30.9 Å². The number of hydrogen-bond donors (Lipinski definition) is 2. The van der Waals surface area contributed by atoms with Crippen LogP contribution in [0.5, 0.6) is 5.75 Å². The van der Waals surface area contributed by atoms with Crippen molar-refractivity contribution < 1.29 is 37.0 Å². The van der Waals surface area contributed by atoms with Crippen molar-refractivity contribution >= 4 is 23.5 Å². The first kappa shape index (κ1) is 30.1. The fourth-order valence-corrected chi connectivity index (χ4v) is 4.73. The first-order valence-corrected chi connectivity index (χ1v) is 13.9. The van der Waals surface area contributed by atoms with Gasteiger partial charge in [-0.3, -0.25) is 4.79 Å². The lowest BCUT2D eigenvalue weighted by Crippen LogP contribution is -2.53. The van der Waals surface area contributed by atoms with E-state index in [1.54, 1.807) is 32.9 Å². The number of pyridine rings is 1. The van der Waals surface area contributed by atoms with Crippen LogP contribution in [0.15, 0.2) is 54.7 Å². The van der Waals surface area contributed by atoms with Crippen LogP contribution in [0.25, 0.3) is 0 Å². The highest BCUT2D eigenvalue weighted by Crippen LogP contribution is 2.35. The highest BCUT2D eigenvalue weighted by atomic mass is 19.4. The van der Waals surface area contributed by atoms with Gasteiger partial charge in [0, 0.05) is 43.5 Å². The minimum Gasteiger partial charge on any atom is -0.493 e. The van der Waals surface area contributed by atoms with Crippen LogP contribution in [0.1, 0.15) is 53.4 Å². The predicted octanol–water partition coefficient (Wildman–Crippen LogP) is 6.24. The number of benzene rings is 2. The first-order chi connectivity index (χ1) is 20.3. The Morgan fingerprint density at radius 1 is 1.05 bits per heavy atom. The van der Waals surface area contributed by atoms with Crippen LogP contribution in [-0.2, 0) is 35.4 Å². The lowest BCUT2D eigenvalue weighted by molar-refractivity contribution is -0.137. The van der Waals surface area contributed by atoms with Gasteiger partial charge in [-0.05, 0) is 61.7 Å². The molecule has 1 aromatic heterocycles. The molecule has 0 unspecified atom stereocenters. The number of ether oxygens (including phenoxy) is 3. The molecule has 43 heavy (non-hydrogen) atoms. The molecule has 1 saturated heterocycles. The topological polar surface area (TPSA) is 102 Å². The van der Waals surface area contributed by atoms with Crippen LogP contribution in [-0.4, -0.2) is 47.2 Å². The molecule has 9 nitrogen and oxygen atoms in total. The Labute approximate surface area is 247 Å². The van der Waals surface area contributed by atoms with Crippen LogP contribution < -0.4 is 15.4 Å². The maximum atomic E-state index is 13.7. The molecule has 5 rings (SSSR count). The Kier molecular flexibility index (Phi) is 8.50. The predicted molar refractivity (Wildman–Crippen MR) is 153 cm³/mol. The van der Waals surface area contributed by atoms with Gasteiger partial charge in [-0.25, -0.2) is 9.78 Å². The van der Waals surface area contributed by atoms with Gasteiger partial charge in [-0.2, -0.15) is 13.2 Å². The van der Waals surface area contributed by atoms with Crippen molar-refractivity contribution in [3.8, 4) is 5.75 Å². The highest BCUT2D eigenvalue weighted by Gasteiger charge is 2.35. The van der Waals surface area contributed by atoms with E-state index >= 15 is 0 Å². The number of aromatic nitrogens is 1. The van der Waals surface area contributed by atoms with Crippen molar-refractivity contribution in [2.45, 2.75) is 52.3 Å². The van der Waals surface area contributed by atoms with Crippen molar-refractivity contribution in [2.24, 2.45) is 5.92 Å². The molecule has 2 amide bonds. The summed E-state index contributed by atoms with van der Waals surface area (Å²) in [4.78, 5) is 31.1. The third-order valence-electron chi connectivity index (χ3n) is 6.88. The number of nitrogens with one attached hydrogen (secondary N) is 2. The molecular formula is C31H33F3N4O5. The summed E-state index contributed by atoms with van der Waals surface area (Å²) in [5, 5.41) is 5.71. The number of likely N-dealkylation sites (tertiary alicyclic amines) is 1. The van der Waals surface area contributed by atoms with Gasteiger partial charge in [0.2, 0.25) is 0 Å². The van der Waals surface area contributed by atoms with Crippen molar-refractivity contribution in [3.63, 3.8) is 0 Å². The second kappa shape index (κ2) is 12.1. The van der Waals surface area contributed by atoms with Gasteiger partial charge >= 0.3 is 12.3 Å². The van der Waals surface area contributed by atoms with E-state index < -0.39 is 29.3 Å². The Morgan fingerprint density at radius 3 is 2.56 bits per heavy atom. The van der Waals surface area contributed by atoms with Crippen molar-refractivity contribution in [1.82, 2.24) is 9.88 Å². The minimum absolute atomic E-state index is 0.0500. The molecule has 0 radical (unpaired) electrons. The van der Waals surface area contributed by atoms with Crippen molar-refractivity contribution in [2.75, 3.05) is 30.3 Å². The van der Waals surface area contributed by atoms with Gasteiger partial charge in [-0.15, -0.1) is 0 Å². The van der Waals surface area contributed by atoms with Gasteiger partial charge in [-0.1, -0.05) is 18.2 Å². The maximum absolute atomic E-state index is 13.7. The Morgan fingerprint density at radius 2 is 1.81 bits per heavy atom. The number of halogens is 3. The van der Waals surface area contributed by atoms with Crippen LogP contribution in [0, 0.1) is 5.92 Å². The number of fused-ring (bicyclic) bond motifs is 1. The van der Waals surface area contributed by atoms with E-state index in [4.69, 9.17) is 14.2 Å². The zero-order chi connectivity index (χ0) is 30.8. The first-order valence-electron chi connectivity index (χ1n) is 13.9. The third kappa shape index (κ3) is 7.75. The van der Waals surface area contributed by atoms with E-state index in [2.05, 4.69) is 15.6 Å². The van der Waals surface area contributed by atoms with Crippen molar-refractivity contribution in [3.05, 3.63) is 82.5 Å². The quantitative estimate of drug-likeness (QED) is 0.317. The van der Waals surface area contributed by atoms with Gasteiger partial charge in [0.15, 0.2) is 0 Å². The Hall–Kier alpha value is -4.32. The zero-order valence-corrected chi connectivity index (χ0v) is 24.1. The smallest absolute Gasteiger partial charge is 0.416 e. The second-order valence-electron chi connectivity index (χ2n) is 11.6. The average Bonchev–Trinajstić information content (AvgIpc) is 3.37. The molecule has 3 heterocycles. The standard InChI is InChI=1S/C31H33F3N4O5/c1-30(2,3)43-29(40)38-14-20(15-38)16-42-25-11-23(31(32,33)34)10-24(12-25)37-28(39)26-5-4-8-35-27(26)36-13-19-6-7-21-17-41-18-22(21)9-19/h4-12,20H,13-18H2,1-3H3,(H,35,36)(H,37,39). The van der Waals surface area contributed by atoms with E-state index in [0.717, 1.165) is 28.8 Å². The molecule has 2 aromatic carbocycles. The number of amides is 2. The molecule has 0 saturated carbocycles. The van der Waals surface area contributed by atoms with E-state index in [9.17, 15) is 22.8 Å². The van der Waals surface area contributed by atoms with Crippen molar-refractivity contribution in [1.29, 1.82) is 0 Å². The third-order valence-corrected chi connectivity index (χ3v) is 6.88. The number of carbonyl (C=O) groups is 2. The van der Waals surface area contributed by atoms with E-state index in [1.807, 2.05) is 18.2 Å². The van der Waals surface area contributed by atoms with Gasteiger partial charge in [0.1, 0.15) is 17.2 Å². The maximum Gasteiger partial charge on any atom is 0.416 e. The number of nitrogens with zero attached hydrogens (tertiary/aromatic N) is 2. The van der Waals surface area contributed by atoms with E-state index in [0.29, 0.717) is 38.7 Å². The van der Waals surface area contributed by atoms with Gasteiger partial charge in [0.25, 0.3) is 5.91 Å². The Balaban J connectivity index is 1.23. The SMILES string of the molecule is CC(C)(C)OC(=O)N1CC(COc2cc(NC(=O)c3cccnc3NCc3ccc4c(c3)COC4)cc(C(F)(F)F)c2)C1. The summed E-state index contributed by atoms with van der Waals surface area (Å²) >= 11 is 0. The largest absolute Gasteiger partial charge is 0.493 e. The monoisotopic (exact) mass is 598 g/mol. The molecule has 3 aromatic rings. The fourth-order valence-electron chi connectivity index (χ4n) is 4.73. The molecule has 1 fully saturated rings. The van der Waals surface area contributed by atoms with Crippen LogP contribution in [0.3, 0.4) is 0 Å². The number of alkyl halides is 3. The summed E-state index contributed by atoms with van der Waals surface area (Å²) < 4.78 is 57.6. The summed E-state index contributed by atoms with van der Waals surface area (Å²) in [5.41, 5.74) is 1.73. The van der Waals surface area contributed by atoms with E-state index in [-0.39, 0.29) is 29.5 Å². The molecule has 0 bridgehead atoms. The van der Waals surface area contributed by atoms with E-state index in [1.165, 1.54) is 17.2 Å². The zero-order valence-electron chi connectivity index (χ0n) is 24.1. The molecule has 12 heteroatoms. The molecule has 0 aliphatic carbocycles. The molecule has 228 valence electrons. The lowest BCUT2D eigenvalue weighted by atomic mass is 10.0. The molecule has 2 aliphatic heterocycles. The van der Waals surface area contributed by atoms with Crippen LogP contribution in [0.4, 0.5) is 29.5 Å². The average molecular weight is 599 g/mol. The number of carbonyl (C=O) groups excluding carboxylic acids is 2. The molecule has 0 spiro atoms. The van der Waals surface area contributed by atoms with Crippen LogP contribution in [0.2, 0.25) is 0 Å². The highest BCUT2D eigenvalue weighted by molar-refractivity contribution is 6.07. The number of rotatable bonds is 8. The molecule has 2 aliphatic rings. The normalized spacial score (nSPS) is 15.0. The van der Waals surface area contributed by atoms with Gasteiger partial charge < -0.3 is 29.7 Å². The summed E-state index contributed by atoms with van der Waals surface area (Å²) in [6.45, 7) is 7.67. The summed E-state index contributed by atoms with van der Waals surface area (Å²) in [7, 11) is 0. The number of hydrogen-bond acceptors (Lipinski definition) is 7. The molecular weight excluding hydrogens is 565 g/mol. The fraction of sp³-hybridized carbons (Fsp3) is 0.387. The lowest BCUT2D eigenvalue weighted by Gasteiger charge is -2.39. The number of anilines is 2. The Bertz CT molecular complexity index is 1500. The minimum atomic E-state index is -4.66. The molecule has 2 N–H and O–H groups in total. The summed E-state index contributed by atoms with van der Waals surface area (Å²) in [6, 6.07) is 12.2. The second-order valence-corrected chi connectivity index (χ2v) is 11.6. The summed E-state index contributed by atoms with van der Waals surface area (Å²) in [5.74, 6) is -0.455. The summed E-state index contributed by atoms with van der Waals surface area (Å²) in [6.07, 6.45) is -3.58. The molecule has 0 atom stereocenters. The van der Waals surface area contributed by atoms with Crippen LogP contribution >= 0.6 is 0 Å².